The molecule has 1 aromatic heterocycles. The lowest BCUT2D eigenvalue weighted by atomic mass is 10.1. The highest BCUT2D eigenvalue weighted by Crippen LogP contribution is 2.35. The third kappa shape index (κ3) is 2.95. The van der Waals surface area contributed by atoms with Crippen LogP contribution in [0.4, 0.5) is 0 Å². The van der Waals surface area contributed by atoms with Gasteiger partial charge in [-0.2, -0.15) is 0 Å². The second kappa shape index (κ2) is 6.76. The van der Waals surface area contributed by atoms with Crippen molar-refractivity contribution < 1.29 is 19.0 Å². The molecule has 0 fully saturated rings. The molecule has 2 aliphatic rings. The van der Waals surface area contributed by atoms with Crippen LogP contribution in [-0.2, 0) is 17.8 Å². The van der Waals surface area contributed by atoms with Gasteiger partial charge in [-0.15, -0.1) is 0 Å². The summed E-state index contributed by atoms with van der Waals surface area (Å²) in [6.07, 6.45) is 4.44. The van der Waals surface area contributed by atoms with Crippen molar-refractivity contribution in [1.29, 1.82) is 0 Å². The molecule has 3 heterocycles. The molecular weight excluding hydrogens is 322 g/mol. The normalized spacial score (nSPS) is 19.2. The largest absolute Gasteiger partial charge is 0.486 e. The van der Waals surface area contributed by atoms with E-state index in [2.05, 4.69) is 9.55 Å². The summed E-state index contributed by atoms with van der Waals surface area (Å²) in [7, 11) is 1.66. The molecule has 0 radical (unpaired) electrons. The Bertz CT molecular complexity index is 773. The Balaban J connectivity index is 1.69. The topological polar surface area (TPSA) is 65.8 Å². The van der Waals surface area contributed by atoms with Crippen molar-refractivity contribution in [2.24, 2.45) is 0 Å². The number of hydrogen-bond donors (Lipinski definition) is 0. The van der Waals surface area contributed by atoms with Gasteiger partial charge in [0.15, 0.2) is 11.5 Å². The first-order chi connectivity index (χ1) is 12.3. The summed E-state index contributed by atoms with van der Waals surface area (Å²) < 4.78 is 18.8. The van der Waals surface area contributed by atoms with Crippen LogP contribution in [0.5, 0.6) is 11.5 Å². The van der Waals surface area contributed by atoms with Crippen molar-refractivity contribution in [3.8, 4) is 11.5 Å². The third-order valence-electron chi connectivity index (χ3n) is 4.69. The van der Waals surface area contributed by atoms with Crippen LogP contribution < -0.4 is 9.47 Å². The number of imidazole rings is 1. The second-order valence-electron chi connectivity index (χ2n) is 6.24. The number of amides is 1. The Morgan fingerprint density at radius 3 is 3.12 bits per heavy atom. The van der Waals surface area contributed by atoms with Gasteiger partial charge in [0.1, 0.15) is 13.2 Å². The van der Waals surface area contributed by atoms with Crippen LogP contribution >= 0.6 is 0 Å². The minimum atomic E-state index is -0.0703. The van der Waals surface area contributed by atoms with Crippen molar-refractivity contribution in [2.75, 3.05) is 26.9 Å². The zero-order valence-electron chi connectivity index (χ0n) is 14.2. The molecule has 1 atom stereocenters. The summed E-state index contributed by atoms with van der Waals surface area (Å²) in [6.45, 7) is 2.76. The zero-order valence-corrected chi connectivity index (χ0v) is 14.2. The van der Waals surface area contributed by atoms with E-state index in [1.807, 2.05) is 29.6 Å². The summed E-state index contributed by atoms with van der Waals surface area (Å²) in [5, 5.41) is 0. The fraction of sp³-hybridized carbons (Fsp3) is 0.444. The average Bonchev–Trinajstić information content (AvgIpc) is 3.02. The van der Waals surface area contributed by atoms with E-state index in [1.54, 1.807) is 13.2 Å². The molecule has 7 nitrogen and oxygen atoms in total. The van der Waals surface area contributed by atoms with E-state index in [1.165, 1.54) is 0 Å². The lowest BCUT2D eigenvalue weighted by molar-refractivity contribution is 0.0495. The minimum absolute atomic E-state index is 0.00207. The smallest absolute Gasteiger partial charge is 0.258 e. The fourth-order valence-electron chi connectivity index (χ4n) is 3.43. The van der Waals surface area contributed by atoms with Gasteiger partial charge in [-0.3, -0.25) is 4.79 Å². The van der Waals surface area contributed by atoms with Crippen molar-refractivity contribution >= 4 is 5.91 Å². The number of carbonyl (C=O) groups excluding carboxylic acids is 1. The van der Waals surface area contributed by atoms with Crippen molar-refractivity contribution in [2.45, 2.75) is 25.6 Å². The van der Waals surface area contributed by atoms with Gasteiger partial charge in [0.25, 0.3) is 5.91 Å². The molecule has 25 heavy (non-hydrogen) atoms. The monoisotopic (exact) mass is 343 g/mol. The highest BCUT2D eigenvalue weighted by atomic mass is 16.6. The highest BCUT2D eigenvalue weighted by molar-refractivity contribution is 5.98. The number of aryl methyl sites for hydroxylation is 1. The fourth-order valence-corrected chi connectivity index (χ4v) is 3.43. The SMILES string of the molecule is COCC1CCn2cncc2CN1C(=O)c1cccc2c1OCCO2. The van der Waals surface area contributed by atoms with Crippen molar-refractivity contribution in [3.63, 3.8) is 0 Å². The maximum absolute atomic E-state index is 13.3. The van der Waals surface area contributed by atoms with Crippen LogP contribution in [0.2, 0.25) is 0 Å². The standard InChI is InChI=1S/C18H21N3O4/c1-23-11-13-5-6-20-12-19-9-14(20)10-21(13)18(22)15-3-2-4-16-17(15)25-8-7-24-16/h2-4,9,12-13H,5-8,10-11H2,1H3. The van der Waals surface area contributed by atoms with Crippen LogP contribution in [0, 0.1) is 0 Å². The maximum Gasteiger partial charge on any atom is 0.258 e. The molecule has 0 saturated carbocycles. The number of benzene rings is 1. The highest BCUT2D eigenvalue weighted by Gasteiger charge is 2.31. The van der Waals surface area contributed by atoms with E-state index in [0.29, 0.717) is 43.4 Å². The molecule has 2 aliphatic heterocycles. The minimum Gasteiger partial charge on any atom is -0.486 e. The predicted molar refractivity (Wildman–Crippen MR) is 89.8 cm³/mol. The van der Waals surface area contributed by atoms with Crippen molar-refractivity contribution in [1.82, 2.24) is 14.5 Å². The lowest BCUT2D eigenvalue weighted by Crippen LogP contribution is -2.42. The predicted octanol–water partition coefficient (Wildman–Crippen LogP) is 1.72. The Labute approximate surface area is 146 Å². The van der Waals surface area contributed by atoms with E-state index in [-0.39, 0.29) is 11.9 Å². The van der Waals surface area contributed by atoms with Gasteiger partial charge in [-0.05, 0) is 18.6 Å². The van der Waals surface area contributed by atoms with E-state index in [9.17, 15) is 4.79 Å². The summed E-state index contributed by atoms with van der Waals surface area (Å²) in [5.41, 5.74) is 1.56. The van der Waals surface area contributed by atoms with Gasteiger partial charge in [0.05, 0.1) is 36.8 Å². The molecule has 0 aliphatic carbocycles. The van der Waals surface area contributed by atoms with Gasteiger partial charge in [-0.1, -0.05) is 6.07 Å². The van der Waals surface area contributed by atoms with Gasteiger partial charge in [0, 0.05) is 19.9 Å². The van der Waals surface area contributed by atoms with Crippen LogP contribution in [-0.4, -0.2) is 53.3 Å². The molecule has 4 rings (SSSR count). The first-order valence-electron chi connectivity index (χ1n) is 8.45. The summed E-state index contributed by atoms with van der Waals surface area (Å²) in [5.74, 6) is 1.09. The number of para-hydroxylation sites is 1. The number of hydrogen-bond acceptors (Lipinski definition) is 5. The lowest BCUT2D eigenvalue weighted by Gasteiger charge is -2.30. The number of rotatable bonds is 3. The van der Waals surface area contributed by atoms with Gasteiger partial charge < -0.3 is 23.7 Å². The molecule has 1 aromatic carbocycles. The van der Waals surface area contributed by atoms with Crippen molar-refractivity contribution in [3.05, 3.63) is 42.0 Å². The van der Waals surface area contributed by atoms with Gasteiger partial charge in [0.2, 0.25) is 0 Å². The van der Waals surface area contributed by atoms with Gasteiger partial charge in [-0.25, -0.2) is 4.98 Å². The number of nitrogens with zero attached hydrogens (tertiary/aromatic N) is 3. The van der Waals surface area contributed by atoms with E-state index >= 15 is 0 Å². The number of methoxy groups -OCH3 is 1. The third-order valence-corrected chi connectivity index (χ3v) is 4.69. The number of carbonyl (C=O) groups is 1. The summed E-state index contributed by atoms with van der Waals surface area (Å²) in [4.78, 5) is 19.4. The molecule has 0 N–H and O–H groups in total. The second-order valence-corrected chi connectivity index (χ2v) is 6.24. The van der Waals surface area contributed by atoms with E-state index in [0.717, 1.165) is 18.7 Å². The molecule has 1 unspecified atom stereocenters. The Hall–Kier alpha value is -2.54. The average molecular weight is 343 g/mol. The molecular formula is C18H21N3O4. The molecule has 7 heteroatoms. The number of aromatic nitrogens is 2. The molecule has 0 bridgehead atoms. The zero-order chi connectivity index (χ0) is 17.2. The molecule has 132 valence electrons. The van der Waals surface area contributed by atoms with E-state index < -0.39 is 0 Å². The Kier molecular flexibility index (Phi) is 4.31. The van der Waals surface area contributed by atoms with Crippen LogP contribution in [0.15, 0.2) is 30.7 Å². The van der Waals surface area contributed by atoms with E-state index in [4.69, 9.17) is 14.2 Å². The Morgan fingerprint density at radius 1 is 1.36 bits per heavy atom. The van der Waals surface area contributed by atoms with Crippen LogP contribution in [0.3, 0.4) is 0 Å². The molecule has 2 aromatic rings. The molecule has 1 amide bonds. The summed E-state index contributed by atoms with van der Waals surface area (Å²) in [6, 6.07) is 5.45. The van der Waals surface area contributed by atoms with Gasteiger partial charge >= 0.3 is 0 Å². The van der Waals surface area contributed by atoms with Crippen LogP contribution in [0.25, 0.3) is 0 Å². The summed E-state index contributed by atoms with van der Waals surface area (Å²) >= 11 is 0. The first-order valence-corrected chi connectivity index (χ1v) is 8.45. The molecule has 0 saturated heterocycles. The Morgan fingerprint density at radius 2 is 2.24 bits per heavy atom. The quantitative estimate of drug-likeness (QED) is 0.849. The number of ether oxygens (including phenoxy) is 3. The maximum atomic E-state index is 13.3. The molecule has 0 spiro atoms. The van der Waals surface area contributed by atoms with Crippen LogP contribution in [0.1, 0.15) is 22.5 Å². The first kappa shape index (κ1) is 16.0. The number of fused-ring (bicyclic) bond motifs is 2.